The van der Waals surface area contributed by atoms with E-state index in [1.54, 1.807) is 18.2 Å². The Balaban J connectivity index is 1.63. The number of hydrogen-bond donors (Lipinski definition) is 2. The van der Waals surface area contributed by atoms with E-state index in [0.717, 1.165) is 16.3 Å². The van der Waals surface area contributed by atoms with E-state index in [4.69, 9.17) is 4.74 Å². The van der Waals surface area contributed by atoms with Crippen LogP contribution in [0.4, 0.5) is 0 Å². The van der Waals surface area contributed by atoms with E-state index in [9.17, 15) is 9.90 Å². The first kappa shape index (κ1) is 20.2. The molecule has 1 atom stereocenters. The molecule has 0 aliphatic carbocycles. The summed E-state index contributed by atoms with van der Waals surface area (Å²) >= 11 is 0. The van der Waals surface area contributed by atoms with Crippen LogP contribution in [0.5, 0.6) is 11.5 Å². The Morgan fingerprint density at radius 2 is 1.55 bits per heavy atom. The lowest BCUT2D eigenvalue weighted by molar-refractivity contribution is -0.123. The lowest BCUT2D eigenvalue weighted by Gasteiger charge is -2.19. The molecular formula is C27H23NO3. The molecule has 4 aromatic rings. The quantitative estimate of drug-likeness (QED) is 0.424. The summed E-state index contributed by atoms with van der Waals surface area (Å²) in [5, 5.41) is 15.5. The molecule has 0 unspecified atom stereocenters. The van der Waals surface area contributed by atoms with Gasteiger partial charge in [-0.15, -0.1) is 0 Å². The SMILES string of the molecule is O=C(COc1ccccc1)N[C@H](/C=C/c1ccccc1)c1c(O)ccc2ccccc12. The Morgan fingerprint density at radius 3 is 2.32 bits per heavy atom. The molecule has 4 aromatic carbocycles. The average Bonchev–Trinajstić information content (AvgIpc) is 2.82. The number of phenols is 1. The maximum absolute atomic E-state index is 12.7. The largest absolute Gasteiger partial charge is 0.508 e. The summed E-state index contributed by atoms with van der Waals surface area (Å²) < 4.78 is 5.59. The molecule has 4 rings (SSSR count). The second-order valence-electron chi connectivity index (χ2n) is 7.14. The first-order chi connectivity index (χ1) is 15.2. The molecule has 0 radical (unpaired) electrons. The third-order valence-corrected chi connectivity index (χ3v) is 4.97. The zero-order valence-corrected chi connectivity index (χ0v) is 16.9. The molecule has 0 aromatic heterocycles. The summed E-state index contributed by atoms with van der Waals surface area (Å²) in [6.07, 6.45) is 3.82. The van der Waals surface area contributed by atoms with Gasteiger partial charge < -0.3 is 15.2 Å². The molecular weight excluding hydrogens is 386 g/mol. The Labute approximate surface area is 181 Å². The molecule has 0 aliphatic heterocycles. The number of carbonyl (C=O) groups is 1. The highest BCUT2D eigenvalue weighted by molar-refractivity contribution is 5.89. The number of rotatable bonds is 7. The molecule has 1 amide bonds. The Morgan fingerprint density at radius 1 is 0.871 bits per heavy atom. The van der Waals surface area contributed by atoms with Gasteiger partial charge in [0, 0.05) is 5.56 Å². The topological polar surface area (TPSA) is 58.6 Å². The third-order valence-electron chi connectivity index (χ3n) is 4.97. The smallest absolute Gasteiger partial charge is 0.258 e. The van der Waals surface area contributed by atoms with E-state index in [2.05, 4.69) is 5.32 Å². The van der Waals surface area contributed by atoms with Crippen molar-refractivity contribution in [2.45, 2.75) is 6.04 Å². The molecule has 0 bridgehead atoms. The molecule has 0 spiro atoms. The van der Waals surface area contributed by atoms with Gasteiger partial charge in [0.15, 0.2) is 6.61 Å². The van der Waals surface area contributed by atoms with E-state index >= 15 is 0 Å². The second kappa shape index (κ2) is 9.63. The maximum Gasteiger partial charge on any atom is 0.258 e. The van der Waals surface area contributed by atoms with Crippen molar-refractivity contribution in [2.75, 3.05) is 6.61 Å². The monoisotopic (exact) mass is 409 g/mol. The first-order valence-corrected chi connectivity index (χ1v) is 10.1. The number of amides is 1. The van der Waals surface area contributed by atoms with Gasteiger partial charge in [-0.2, -0.15) is 0 Å². The first-order valence-electron chi connectivity index (χ1n) is 10.1. The number of fused-ring (bicyclic) bond motifs is 1. The van der Waals surface area contributed by atoms with Crippen LogP contribution < -0.4 is 10.1 Å². The highest BCUT2D eigenvalue weighted by Crippen LogP contribution is 2.33. The van der Waals surface area contributed by atoms with E-state index in [0.29, 0.717) is 11.3 Å². The molecule has 154 valence electrons. The number of benzene rings is 4. The van der Waals surface area contributed by atoms with E-state index in [1.165, 1.54) is 0 Å². The van der Waals surface area contributed by atoms with Crippen molar-refractivity contribution < 1.29 is 14.6 Å². The lowest BCUT2D eigenvalue weighted by Crippen LogP contribution is -2.32. The number of nitrogens with one attached hydrogen (secondary N) is 1. The zero-order valence-electron chi connectivity index (χ0n) is 16.9. The van der Waals surface area contributed by atoms with Crippen LogP contribution >= 0.6 is 0 Å². The number of aromatic hydroxyl groups is 1. The van der Waals surface area contributed by atoms with Crippen molar-refractivity contribution in [1.82, 2.24) is 5.32 Å². The molecule has 0 saturated heterocycles. The Hall–Kier alpha value is -4.05. The van der Waals surface area contributed by atoms with Crippen LogP contribution in [0.2, 0.25) is 0 Å². The summed E-state index contributed by atoms with van der Waals surface area (Å²) in [5.74, 6) is 0.478. The maximum atomic E-state index is 12.7. The number of ether oxygens (including phenoxy) is 1. The fourth-order valence-electron chi connectivity index (χ4n) is 3.48. The van der Waals surface area contributed by atoms with Gasteiger partial charge >= 0.3 is 0 Å². The van der Waals surface area contributed by atoms with E-state index in [1.807, 2.05) is 91.0 Å². The van der Waals surface area contributed by atoms with Gasteiger partial charge in [-0.05, 0) is 34.5 Å². The highest BCUT2D eigenvalue weighted by Gasteiger charge is 2.19. The molecule has 4 nitrogen and oxygen atoms in total. The zero-order chi connectivity index (χ0) is 21.5. The van der Waals surface area contributed by atoms with Crippen LogP contribution in [0.25, 0.3) is 16.8 Å². The van der Waals surface area contributed by atoms with Gasteiger partial charge in [-0.1, -0.05) is 91.0 Å². The van der Waals surface area contributed by atoms with E-state index in [-0.39, 0.29) is 18.3 Å². The minimum Gasteiger partial charge on any atom is -0.508 e. The number of para-hydroxylation sites is 1. The summed E-state index contributed by atoms with van der Waals surface area (Å²) in [6.45, 7) is -0.120. The second-order valence-corrected chi connectivity index (χ2v) is 7.14. The van der Waals surface area contributed by atoms with Crippen molar-refractivity contribution in [3.63, 3.8) is 0 Å². The Kier molecular flexibility index (Phi) is 6.29. The summed E-state index contributed by atoms with van der Waals surface area (Å²) in [4.78, 5) is 12.7. The number of carbonyl (C=O) groups excluding carboxylic acids is 1. The standard InChI is InChI=1S/C27H23NO3/c29-25-18-16-21-11-7-8-14-23(21)27(25)24(17-15-20-9-3-1-4-10-20)28-26(30)19-31-22-12-5-2-6-13-22/h1-18,24,29H,19H2,(H,28,30)/b17-15+/t24-/m1/s1. The van der Waals surface area contributed by atoms with Gasteiger partial charge in [0.1, 0.15) is 11.5 Å². The minimum atomic E-state index is -0.529. The predicted molar refractivity (Wildman–Crippen MR) is 124 cm³/mol. The summed E-state index contributed by atoms with van der Waals surface area (Å²) in [6, 6.07) is 29.8. The molecule has 0 aliphatic rings. The van der Waals surface area contributed by atoms with Gasteiger partial charge in [0.25, 0.3) is 5.91 Å². The Bertz CT molecular complexity index is 1190. The fraction of sp³-hybridized carbons (Fsp3) is 0.0741. The van der Waals surface area contributed by atoms with Gasteiger partial charge in [-0.3, -0.25) is 4.79 Å². The number of phenolic OH excluding ortho intramolecular Hbond substituents is 1. The molecule has 0 heterocycles. The van der Waals surface area contributed by atoms with Crippen molar-refractivity contribution in [1.29, 1.82) is 0 Å². The molecule has 31 heavy (non-hydrogen) atoms. The van der Waals surface area contributed by atoms with Gasteiger partial charge in [0.2, 0.25) is 0 Å². The van der Waals surface area contributed by atoms with Crippen molar-refractivity contribution in [3.05, 3.63) is 114 Å². The summed E-state index contributed by atoms with van der Waals surface area (Å²) in [5.41, 5.74) is 1.65. The summed E-state index contributed by atoms with van der Waals surface area (Å²) in [7, 11) is 0. The van der Waals surface area contributed by atoms with Crippen LogP contribution in [0, 0.1) is 0 Å². The third kappa shape index (κ3) is 5.11. The van der Waals surface area contributed by atoms with Crippen molar-refractivity contribution in [3.8, 4) is 11.5 Å². The fourth-order valence-corrected chi connectivity index (χ4v) is 3.48. The number of hydrogen-bond acceptors (Lipinski definition) is 3. The molecule has 2 N–H and O–H groups in total. The minimum absolute atomic E-state index is 0.120. The predicted octanol–water partition coefficient (Wildman–Crippen LogP) is 5.50. The van der Waals surface area contributed by atoms with Crippen LogP contribution in [-0.2, 0) is 4.79 Å². The van der Waals surface area contributed by atoms with Gasteiger partial charge in [-0.25, -0.2) is 0 Å². The van der Waals surface area contributed by atoms with Crippen LogP contribution in [0.3, 0.4) is 0 Å². The molecule has 0 fully saturated rings. The van der Waals surface area contributed by atoms with Gasteiger partial charge in [0.05, 0.1) is 6.04 Å². The van der Waals surface area contributed by atoms with Crippen LogP contribution in [-0.4, -0.2) is 17.6 Å². The highest BCUT2D eigenvalue weighted by atomic mass is 16.5. The molecule has 4 heteroatoms. The lowest BCUT2D eigenvalue weighted by atomic mass is 9.96. The normalized spacial score (nSPS) is 12.0. The van der Waals surface area contributed by atoms with Crippen LogP contribution in [0.15, 0.2) is 103 Å². The molecule has 0 saturated carbocycles. The van der Waals surface area contributed by atoms with E-state index < -0.39 is 6.04 Å². The van der Waals surface area contributed by atoms with Crippen molar-refractivity contribution >= 4 is 22.8 Å². The average molecular weight is 409 g/mol. The van der Waals surface area contributed by atoms with Crippen LogP contribution in [0.1, 0.15) is 17.2 Å². The van der Waals surface area contributed by atoms with Crippen molar-refractivity contribution in [2.24, 2.45) is 0 Å².